The molecule has 1 unspecified atom stereocenters. The van der Waals surface area contributed by atoms with E-state index in [1.54, 1.807) is 7.11 Å². The van der Waals surface area contributed by atoms with Gasteiger partial charge in [-0.1, -0.05) is 38.1 Å². The van der Waals surface area contributed by atoms with E-state index in [1.807, 2.05) is 24.3 Å². The number of amides is 1. The minimum absolute atomic E-state index is 0.356. The van der Waals surface area contributed by atoms with Gasteiger partial charge in [0.25, 0.3) is 0 Å². The molecule has 1 atom stereocenters. The fourth-order valence-electron chi connectivity index (χ4n) is 1.77. The number of benzene rings is 1. The van der Waals surface area contributed by atoms with E-state index in [1.165, 1.54) is 0 Å². The van der Waals surface area contributed by atoms with Crippen molar-refractivity contribution < 1.29 is 9.53 Å². The molecule has 4 nitrogen and oxygen atoms in total. The number of hydrogen-bond donors (Lipinski definition) is 2. The molecule has 0 radical (unpaired) electrons. The molecule has 18 heavy (non-hydrogen) atoms. The lowest BCUT2D eigenvalue weighted by atomic mass is 10.0. The van der Waals surface area contributed by atoms with Crippen LogP contribution in [-0.4, -0.2) is 19.6 Å². The van der Waals surface area contributed by atoms with Crippen LogP contribution in [0.4, 0.5) is 0 Å². The number of methoxy groups -OCH3 is 1. The molecule has 0 bridgehead atoms. The summed E-state index contributed by atoms with van der Waals surface area (Å²) in [7, 11) is 1.65. The van der Waals surface area contributed by atoms with Crippen molar-refractivity contribution in [2.75, 3.05) is 13.7 Å². The summed E-state index contributed by atoms with van der Waals surface area (Å²) in [6, 6.07) is 7.29. The molecule has 0 aliphatic carbocycles. The highest BCUT2D eigenvalue weighted by molar-refractivity contribution is 5.81. The minimum atomic E-state index is -0.441. The van der Waals surface area contributed by atoms with Crippen LogP contribution in [0.5, 0.6) is 0 Å². The van der Waals surface area contributed by atoms with Gasteiger partial charge in [0, 0.05) is 7.11 Å². The first-order valence-electron chi connectivity index (χ1n) is 6.15. The first kappa shape index (κ1) is 14.7. The maximum absolute atomic E-state index is 11.5. The summed E-state index contributed by atoms with van der Waals surface area (Å²) in [6.45, 7) is 5.46. The summed E-state index contributed by atoms with van der Waals surface area (Å²) in [4.78, 5) is 11.5. The first-order valence-corrected chi connectivity index (χ1v) is 6.15. The molecule has 0 aliphatic heterocycles. The van der Waals surface area contributed by atoms with E-state index in [4.69, 9.17) is 10.5 Å². The van der Waals surface area contributed by atoms with E-state index < -0.39 is 6.04 Å². The number of nitrogens with one attached hydrogen (secondary N) is 1. The van der Waals surface area contributed by atoms with Crippen LogP contribution in [-0.2, 0) is 16.1 Å². The smallest absolute Gasteiger partial charge is 0.239 e. The monoisotopic (exact) mass is 250 g/mol. The maximum Gasteiger partial charge on any atom is 0.239 e. The van der Waals surface area contributed by atoms with Crippen molar-refractivity contribution in [3.8, 4) is 0 Å². The Bertz CT molecular complexity index is 391. The molecule has 1 aromatic rings. The van der Waals surface area contributed by atoms with Crippen molar-refractivity contribution in [2.45, 2.75) is 26.5 Å². The second-order valence-corrected chi connectivity index (χ2v) is 4.82. The fourth-order valence-corrected chi connectivity index (χ4v) is 1.77. The average molecular weight is 250 g/mol. The SMILES string of the molecule is COCc1cccc(C(NCC(C)C)C(N)=O)c1. The maximum atomic E-state index is 11.5. The van der Waals surface area contributed by atoms with Gasteiger partial charge in [-0.05, 0) is 23.6 Å². The minimum Gasteiger partial charge on any atom is -0.380 e. The zero-order valence-corrected chi connectivity index (χ0v) is 11.3. The number of primary amides is 1. The lowest BCUT2D eigenvalue weighted by molar-refractivity contribution is -0.120. The summed E-state index contributed by atoms with van der Waals surface area (Å²) in [5.41, 5.74) is 7.37. The molecule has 3 N–H and O–H groups in total. The molecule has 1 aromatic carbocycles. The van der Waals surface area contributed by atoms with Crippen molar-refractivity contribution in [3.63, 3.8) is 0 Å². The van der Waals surface area contributed by atoms with E-state index in [-0.39, 0.29) is 5.91 Å². The Hall–Kier alpha value is -1.39. The van der Waals surface area contributed by atoms with Gasteiger partial charge in [0.2, 0.25) is 5.91 Å². The van der Waals surface area contributed by atoms with Crippen LogP contribution in [0, 0.1) is 5.92 Å². The Morgan fingerprint density at radius 1 is 1.44 bits per heavy atom. The number of rotatable bonds is 7. The van der Waals surface area contributed by atoms with Gasteiger partial charge >= 0.3 is 0 Å². The summed E-state index contributed by atoms with van der Waals surface area (Å²) < 4.78 is 5.08. The highest BCUT2D eigenvalue weighted by atomic mass is 16.5. The van der Waals surface area contributed by atoms with Crippen LogP contribution in [0.15, 0.2) is 24.3 Å². The first-order chi connectivity index (χ1) is 8.54. The Morgan fingerprint density at radius 3 is 2.72 bits per heavy atom. The summed E-state index contributed by atoms with van der Waals surface area (Å²) >= 11 is 0. The van der Waals surface area contributed by atoms with Crippen molar-refractivity contribution in [1.29, 1.82) is 0 Å². The van der Waals surface area contributed by atoms with Crippen molar-refractivity contribution in [1.82, 2.24) is 5.32 Å². The van der Waals surface area contributed by atoms with E-state index in [2.05, 4.69) is 19.2 Å². The van der Waals surface area contributed by atoms with Crippen LogP contribution in [0.25, 0.3) is 0 Å². The van der Waals surface area contributed by atoms with Crippen LogP contribution < -0.4 is 11.1 Å². The third-order valence-corrected chi connectivity index (χ3v) is 2.61. The van der Waals surface area contributed by atoms with Gasteiger partial charge in [-0.2, -0.15) is 0 Å². The van der Waals surface area contributed by atoms with Gasteiger partial charge in [-0.25, -0.2) is 0 Å². The molecule has 4 heteroatoms. The van der Waals surface area contributed by atoms with Gasteiger partial charge in [0.15, 0.2) is 0 Å². The fraction of sp³-hybridized carbons (Fsp3) is 0.500. The second-order valence-electron chi connectivity index (χ2n) is 4.82. The van der Waals surface area contributed by atoms with Crippen LogP contribution >= 0.6 is 0 Å². The molecule has 0 saturated heterocycles. The number of carbonyl (C=O) groups excluding carboxylic acids is 1. The Labute approximate surface area is 109 Å². The number of ether oxygens (including phenoxy) is 1. The van der Waals surface area contributed by atoms with Crippen molar-refractivity contribution in [2.24, 2.45) is 11.7 Å². The number of carbonyl (C=O) groups is 1. The second kappa shape index (κ2) is 7.13. The molecule has 0 saturated carbocycles. The van der Waals surface area contributed by atoms with E-state index in [0.717, 1.165) is 17.7 Å². The topological polar surface area (TPSA) is 64.3 Å². The molecule has 100 valence electrons. The van der Waals surface area contributed by atoms with E-state index in [0.29, 0.717) is 12.5 Å². The van der Waals surface area contributed by atoms with Gasteiger partial charge in [-0.3, -0.25) is 4.79 Å². The number of nitrogens with two attached hydrogens (primary N) is 1. The third-order valence-electron chi connectivity index (χ3n) is 2.61. The molecule has 0 aromatic heterocycles. The van der Waals surface area contributed by atoms with Crippen LogP contribution in [0.1, 0.15) is 31.0 Å². The highest BCUT2D eigenvalue weighted by Crippen LogP contribution is 2.15. The molecule has 0 heterocycles. The van der Waals surface area contributed by atoms with Gasteiger partial charge < -0.3 is 15.8 Å². The molecule has 1 rings (SSSR count). The summed E-state index contributed by atoms with van der Waals surface area (Å²) in [6.07, 6.45) is 0. The molecule has 1 amide bonds. The largest absolute Gasteiger partial charge is 0.380 e. The number of hydrogen-bond acceptors (Lipinski definition) is 3. The molecule has 0 fully saturated rings. The lowest BCUT2D eigenvalue weighted by Gasteiger charge is -2.18. The lowest BCUT2D eigenvalue weighted by Crippen LogP contribution is -2.35. The molecular formula is C14H22N2O2. The normalized spacial score (nSPS) is 12.7. The zero-order valence-electron chi connectivity index (χ0n) is 11.3. The van der Waals surface area contributed by atoms with Crippen LogP contribution in [0.3, 0.4) is 0 Å². The Morgan fingerprint density at radius 2 is 2.17 bits per heavy atom. The zero-order chi connectivity index (χ0) is 13.5. The van der Waals surface area contributed by atoms with Crippen molar-refractivity contribution >= 4 is 5.91 Å². The van der Waals surface area contributed by atoms with E-state index >= 15 is 0 Å². The van der Waals surface area contributed by atoms with Gasteiger partial charge in [-0.15, -0.1) is 0 Å². The molecular weight excluding hydrogens is 228 g/mol. The van der Waals surface area contributed by atoms with E-state index in [9.17, 15) is 4.79 Å². The quantitative estimate of drug-likeness (QED) is 0.772. The van der Waals surface area contributed by atoms with Crippen LogP contribution in [0.2, 0.25) is 0 Å². The predicted octanol–water partition coefficient (Wildman–Crippen LogP) is 1.60. The predicted molar refractivity (Wildman–Crippen MR) is 71.9 cm³/mol. The van der Waals surface area contributed by atoms with Crippen molar-refractivity contribution in [3.05, 3.63) is 35.4 Å². The standard InChI is InChI=1S/C14H22N2O2/c1-10(2)8-16-13(14(15)17)12-6-4-5-11(7-12)9-18-3/h4-7,10,13,16H,8-9H2,1-3H3,(H2,15,17). The molecule has 0 spiro atoms. The average Bonchev–Trinajstić information content (AvgIpc) is 2.29. The van der Waals surface area contributed by atoms with Gasteiger partial charge in [0.05, 0.1) is 6.61 Å². The Kier molecular flexibility index (Phi) is 5.82. The van der Waals surface area contributed by atoms with Gasteiger partial charge in [0.1, 0.15) is 6.04 Å². The summed E-state index contributed by atoms with van der Waals surface area (Å²) in [5, 5.41) is 3.19. The Balaban J connectivity index is 2.84. The summed E-state index contributed by atoms with van der Waals surface area (Å²) in [5.74, 6) is 0.110. The third kappa shape index (κ3) is 4.47. The highest BCUT2D eigenvalue weighted by Gasteiger charge is 2.17. The molecule has 0 aliphatic rings.